The number of nitrogens with zero attached hydrogens (tertiary/aromatic N) is 1. The van der Waals surface area contributed by atoms with E-state index in [-0.39, 0.29) is 17.8 Å². The number of anilines is 2. The summed E-state index contributed by atoms with van der Waals surface area (Å²) in [4.78, 5) is 25.6. The molecular formula is C23H27FN2O3. The molecule has 1 fully saturated rings. The number of carbonyl (C=O) groups is 2. The highest BCUT2D eigenvalue weighted by molar-refractivity contribution is 5.99. The maximum Gasteiger partial charge on any atom is 0.326 e. The van der Waals surface area contributed by atoms with Crippen LogP contribution in [-0.4, -0.2) is 25.2 Å². The predicted molar refractivity (Wildman–Crippen MR) is 110 cm³/mol. The molecule has 2 aromatic carbocycles. The van der Waals surface area contributed by atoms with Crippen molar-refractivity contribution in [1.82, 2.24) is 5.32 Å². The fourth-order valence-corrected chi connectivity index (χ4v) is 3.84. The summed E-state index contributed by atoms with van der Waals surface area (Å²) < 4.78 is 18.5. The lowest BCUT2D eigenvalue weighted by atomic mass is 9.82. The minimum absolute atomic E-state index is 0.245. The predicted octanol–water partition coefficient (Wildman–Crippen LogP) is 5.04. The molecule has 0 heterocycles. The first-order valence-corrected chi connectivity index (χ1v) is 10.0. The van der Waals surface area contributed by atoms with Gasteiger partial charge in [0.15, 0.2) is 0 Å². The van der Waals surface area contributed by atoms with Crippen LogP contribution < -0.4 is 10.2 Å². The monoisotopic (exact) mass is 398 g/mol. The van der Waals surface area contributed by atoms with Crippen LogP contribution in [0.3, 0.4) is 0 Å². The first-order valence-electron chi connectivity index (χ1n) is 10.0. The first kappa shape index (κ1) is 20.8. The molecule has 1 saturated carbocycles. The number of hydrogen-bond acceptors (Lipinski definition) is 3. The molecule has 1 aliphatic rings. The van der Waals surface area contributed by atoms with E-state index < -0.39 is 0 Å². The van der Waals surface area contributed by atoms with Gasteiger partial charge in [-0.05, 0) is 67.5 Å². The van der Waals surface area contributed by atoms with Crippen molar-refractivity contribution >= 4 is 23.4 Å². The second-order valence-corrected chi connectivity index (χ2v) is 7.53. The molecule has 5 nitrogen and oxygen atoms in total. The number of amides is 2. The highest BCUT2D eigenvalue weighted by atomic mass is 19.1. The standard InChI is InChI=1S/C23H27FN2O3/c1-17(27)29-16-19-7-5-6-18(14-19)15-25-23(28)26(21-8-3-2-4-9-21)22-12-10-20(24)11-13-22/h2-4,8-13,18-19H,5-7,14-16H2,1H3,(H,25,28). The van der Waals surface area contributed by atoms with Crippen molar-refractivity contribution < 1.29 is 18.7 Å². The average molecular weight is 398 g/mol. The van der Waals surface area contributed by atoms with E-state index >= 15 is 0 Å². The minimum Gasteiger partial charge on any atom is -0.466 e. The second kappa shape index (κ2) is 10.0. The lowest BCUT2D eigenvalue weighted by molar-refractivity contribution is -0.142. The van der Waals surface area contributed by atoms with Crippen LogP contribution in [-0.2, 0) is 9.53 Å². The smallest absolute Gasteiger partial charge is 0.326 e. The van der Waals surface area contributed by atoms with Crippen LogP contribution >= 0.6 is 0 Å². The SMILES string of the molecule is CC(=O)OCC1CCCC(CNC(=O)N(c2ccccc2)c2ccc(F)cc2)C1. The van der Waals surface area contributed by atoms with Gasteiger partial charge in [0.1, 0.15) is 5.82 Å². The summed E-state index contributed by atoms with van der Waals surface area (Å²) in [6, 6.07) is 14.9. The average Bonchev–Trinajstić information content (AvgIpc) is 2.73. The molecule has 6 heteroatoms. The zero-order valence-corrected chi connectivity index (χ0v) is 16.6. The molecular weight excluding hydrogens is 371 g/mol. The highest BCUT2D eigenvalue weighted by Crippen LogP contribution is 2.30. The van der Waals surface area contributed by atoms with Crippen molar-refractivity contribution in [2.24, 2.45) is 11.8 Å². The van der Waals surface area contributed by atoms with E-state index in [0.29, 0.717) is 36.4 Å². The number of para-hydroxylation sites is 1. The van der Waals surface area contributed by atoms with E-state index in [9.17, 15) is 14.0 Å². The van der Waals surface area contributed by atoms with Crippen molar-refractivity contribution in [3.63, 3.8) is 0 Å². The van der Waals surface area contributed by atoms with Gasteiger partial charge in [-0.15, -0.1) is 0 Å². The van der Waals surface area contributed by atoms with Gasteiger partial charge in [0.25, 0.3) is 0 Å². The van der Waals surface area contributed by atoms with Crippen molar-refractivity contribution in [3.8, 4) is 0 Å². The maximum atomic E-state index is 13.3. The Morgan fingerprint density at radius 1 is 1.03 bits per heavy atom. The Bertz CT molecular complexity index is 811. The van der Waals surface area contributed by atoms with Gasteiger partial charge in [0.05, 0.1) is 18.0 Å². The van der Waals surface area contributed by atoms with Crippen LogP contribution in [0.15, 0.2) is 54.6 Å². The maximum absolute atomic E-state index is 13.3. The van der Waals surface area contributed by atoms with Gasteiger partial charge in [-0.25, -0.2) is 9.18 Å². The van der Waals surface area contributed by atoms with Crippen LogP contribution in [0.25, 0.3) is 0 Å². The molecule has 2 atom stereocenters. The molecule has 2 aromatic rings. The Labute approximate surface area is 170 Å². The summed E-state index contributed by atoms with van der Waals surface area (Å²) in [5, 5.41) is 3.03. The quantitative estimate of drug-likeness (QED) is 0.693. The topological polar surface area (TPSA) is 58.6 Å². The molecule has 1 N–H and O–H groups in total. The third kappa shape index (κ3) is 6.04. The number of nitrogens with one attached hydrogen (secondary N) is 1. The largest absolute Gasteiger partial charge is 0.466 e. The van der Waals surface area contributed by atoms with Crippen molar-refractivity contribution in [3.05, 3.63) is 60.4 Å². The molecule has 2 amide bonds. The zero-order valence-electron chi connectivity index (χ0n) is 16.6. The number of halogens is 1. The van der Waals surface area contributed by atoms with Gasteiger partial charge < -0.3 is 10.1 Å². The van der Waals surface area contributed by atoms with Gasteiger partial charge in [-0.2, -0.15) is 0 Å². The highest BCUT2D eigenvalue weighted by Gasteiger charge is 2.25. The number of ether oxygens (including phenoxy) is 1. The molecule has 29 heavy (non-hydrogen) atoms. The third-order valence-electron chi connectivity index (χ3n) is 5.26. The Morgan fingerprint density at radius 3 is 2.38 bits per heavy atom. The number of esters is 1. The lowest BCUT2D eigenvalue weighted by Gasteiger charge is -2.30. The summed E-state index contributed by atoms with van der Waals surface area (Å²) >= 11 is 0. The summed E-state index contributed by atoms with van der Waals surface area (Å²) in [6.45, 7) is 2.43. The first-order chi connectivity index (χ1) is 14.0. The van der Waals surface area contributed by atoms with Gasteiger partial charge >= 0.3 is 12.0 Å². The minimum atomic E-state index is -0.344. The van der Waals surface area contributed by atoms with Crippen LogP contribution in [0.1, 0.15) is 32.6 Å². The number of benzene rings is 2. The molecule has 2 unspecified atom stereocenters. The Balaban J connectivity index is 1.64. The van der Waals surface area contributed by atoms with E-state index in [1.54, 1.807) is 17.0 Å². The molecule has 0 bridgehead atoms. The Kier molecular flexibility index (Phi) is 7.22. The number of hydrogen-bond donors (Lipinski definition) is 1. The van der Waals surface area contributed by atoms with Gasteiger partial charge in [-0.3, -0.25) is 9.69 Å². The van der Waals surface area contributed by atoms with Crippen LogP contribution in [0.2, 0.25) is 0 Å². The summed E-state index contributed by atoms with van der Waals surface area (Å²) in [7, 11) is 0. The lowest BCUT2D eigenvalue weighted by Crippen LogP contribution is -2.40. The van der Waals surface area contributed by atoms with Crippen LogP contribution in [0.5, 0.6) is 0 Å². The summed E-state index contributed by atoms with van der Waals surface area (Å²) in [5.41, 5.74) is 1.32. The number of rotatable bonds is 6. The van der Waals surface area contributed by atoms with E-state index in [1.165, 1.54) is 19.1 Å². The molecule has 0 radical (unpaired) electrons. The Hall–Kier alpha value is -2.89. The Morgan fingerprint density at radius 2 is 1.69 bits per heavy atom. The van der Waals surface area contributed by atoms with Gasteiger partial charge in [0, 0.05) is 13.5 Å². The molecule has 1 aliphatic carbocycles. The van der Waals surface area contributed by atoms with Crippen molar-refractivity contribution in [2.75, 3.05) is 18.1 Å². The number of urea groups is 1. The van der Waals surface area contributed by atoms with E-state index in [1.807, 2.05) is 30.3 Å². The third-order valence-corrected chi connectivity index (χ3v) is 5.26. The summed E-state index contributed by atoms with van der Waals surface area (Å²) in [6.07, 6.45) is 4.07. The normalized spacial score (nSPS) is 18.7. The van der Waals surface area contributed by atoms with Crippen molar-refractivity contribution in [1.29, 1.82) is 0 Å². The molecule has 0 aromatic heterocycles. The molecule has 0 spiro atoms. The fourth-order valence-electron chi connectivity index (χ4n) is 3.84. The molecule has 154 valence electrons. The zero-order chi connectivity index (χ0) is 20.6. The molecule has 0 aliphatic heterocycles. The molecule has 0 saturated heterocycles. The number of carbonyl (C=O) groups excluding carboxylic acids is 2. The van der Waals surface area contributed by atoms with Crippen molar-refractivity contribution in [2.45, 2.75) is 32.6 Å². The van der Waals surface area contributed by atoms with E-state index in [4.69, 9.17) is 4.74 Å². The summed E-state index contributed by atoms with van der Waals surface area (Å²) in [5.74, 6) is 0.0948. The second-order valence-electron chi connectivity index (χ2n) is 7.53. The van der Waals surface area contributed by atoms with Gasteiger partial charge in [-0.1, -0.05) is 24.6 Å². The van der Waals surface area contributed by atoms with Gasteiger partial charge in [0.2, 0.25) is 0 Å². The fraction of sp³-hybridized carbons (Fsp3) is 0.391. The van der Waals surface area contributed by atoms with Crippen LogP contribution in [0, 0.1) is 17.7 Å². The van der Waals surface area contributed by atoms with Crippen LogP contribution in [0.4, 0.5) is 20.6 Å². The molecule has 3 rings (SSSR count). The van der Waals surface area contributed by atoms with E-state index in [2.05, 4.69) is 5.32 Å². The van der Waals surface area contributed by atoms with E-state index in [0.717, 1.165) is 25.7 Å².